The zero-order valence-electron chi connectivity index (χ0n) is 5.52. The molecule has 0 unspecified atom stereocenters. The van der Waals surface area contributed by atoms with Gasteiger partial charge in [0, 0.05) is 31.1 Å². The van der Waals surface area contributed by atoms with Gasteiger partial charge in [-0.2, -0.15) is 24.1 Å². The Kier molecular flexibility index (Phi) is 4.10. The first-order valence-corrected chi connectivity index (χ1v) is 2.68. The van der Waals surface area contributed by atoms with Gasteiger partial charge in [-0.1, -0.05) is 13.0 Å². The van der Waals surface area contributed by atoms with E-state index in [2.05, 4.69) is 19.9 Å². The summed E-state index contributed by atoms with van der Waals surface area (Å²) in [5, 5.41) is 0. The molecule has 1 aromatic carbocycles. The van der Waals surface area contributed by atoms with Gasteiger partial charge in [-0.05, 0) is 0 Å². The van der Waals surface area contributed by atoms with Crippen molar-refractivity contribution < 1.29 is 31.1 Å². The second-order valence-corrected chi connectivity index (χ2v) is 1.93. The molecule has 0 radical (unpaired) electrons. The predicted molar refractivity (Wildman–Crippen MR) is 35.6 cm³/mol. The fourth-order valence-corrected chi connectivity index (χ4v) is 0.610. The molecule has 1 heteroatoms. The van der Waals surface area contributed by atoms with Crippen LogP contribution in [-0.2, 0) is 0 Å². The summed E-state index contributed by atoms with van der Waals surface area (Å²) < 4.78 is 0. The van der Waals surface area contributed by atoms with E-state index in [1.807, 2.05) is 18.2 Å². The SMILES string of the molecule is [CH2-]c1ccccc1C.[U]. The molecule has 0 aromatic heterocycles. The van der Waals surface area contributed by atoms with E-state index < -0.39 is 0 Å². The maximum Gasteiger partial charge on any atom is 0 e. The summed E-state index contributed by atoms with van der Waals surface area (Å²) in [5.74, 6) is 0. The Bertz CT molecular complexity index is 161. The molecule has 0 fully saturated rings. The predicted octanol–water partition coefficient (Wildman–Crippen LogP) is 2.18. The van der Waals surface area contributed by atoms with Crippen LogP contribution in [0.2, 0.25) is 0 Å². The van der Waals surface area contributed by atoms with Gasteiger partial charge in [0.25, 0.3) is 0 Å². The Hall–Kier alpha value is 0.142. The van der Waals surface area contributed by atoms with E-state index in [1.54, 1.807) is 0 Å². The Balaban J connectivity index is 0.000000640. The van der Waals surface area contributed by atoms with Gasteiger partial charge in [0.15, 0.2) is 0 Å². The van der Waals surface area contributed by atoms with Gasteiger partial charge >= 0.3 is 0 Å². The van der Waals surface area contributed by atoms with Crippen LogP contribution in [0.1, 0.15) is 11.1 Å². The molecule has 0 atom stereocenters. The molecule has 0 heterocycles. The summed E-state index contributed by atoms with van der Waals surface area (Å²) >= 11 is 0. The van der Waals surface area contributed by atoms with Crippen molar-refractivity contribution >= 4 is 0 Å². The van der Waals surface area contributed by atoms with Crippen LogP contribution in [0.3, 0.4) is 0 Å². The van der Waals surface area contributed by atoms with Crippen LogP contribution < -0.4 is 0 Å². The van der Waals surface area contributed by atoms with Crippen molar-refractivity contribution in [3.8, 4) is 0 Å². The molecule has 0 amide bonds. The molecule has 0 bridgehead atoms. The molecule has 0 saturated carbocycles. The first-order chi connectivity index (χ1) is 3.80. The molecule has 0 spiro atoms. The van der Waals surface area contributed by atoms with Crippen molar-refractivity contribution in [2.75, 3.05) is 0 Å². The molecule has 46 valence electrons. The normalized spacial score (nSPS) is 8.11. The number of benzene rings is 1. The number of hydrogen-bond acceptors (Lipinski definition) is 0. The number of aryl methyl sites for hydroxylation is 1. The van der Waals surface area contributed by atoms with Gasteiger partial charge in [0.05, 0.1) is 0 Å². The van der Waals surface area contributed by atoms with Crippen molar-refractivity contribution in [3.05, 3.63) is 42.3 Å². The first-order valence-electron chi connectivity index (χ1n) is 2.68. The Labute approximate surface area is 80.0 Å². The molecule has 0 nitrogen and oxygen atoms in total. The van der Waals surface area contributed by atoms with E-state index in [1.165, 1.54) is 5.56 Å². The Morgan fingerprint density at radius 2 is 1.78 bits per heavy atom. The van der Waals surface area contributed by atoms with Crippen LogP contribution in [0.5, 0.6) is 0 Å². The average molecular weight is 343 g/mol. The summed E-state index contributed by atoms with van der Waals surface area (Å²) in [6.45, 7) is 5.88. The van der Waals surface area contributed by atoms with Gasteiger partial charge in [-0.3, -0.25) is 0 Å². The smallest absolute Gasteiger partial charge is 0 e. The number of hydrogen-bond donors (Lipinski definition) is 0. The molecule has 1 aromatic rings. The fraction of sp³-hybridized carbons (Fsp3) is 0.125. The largest absolute Gasteiger partial charge is 0.198 e. The van der Waals surface area contributed by atoms with Crippen LogP contribution >= 0.6 is 0 Å². The zero-order valence-corrected chi connectivity index (χ0v) is 9.68. The number of rotatable bonds is 0. The molecule has 9 heavy (non-hydrogen) atoms. The Morgan fingerprint density at radius 1 is 1.22 bits per heavy atom. The van der Waals surface area contributed by atoms with E-state index >= 15 is 0 Å². The van der Waals surface area contributed by atoms with Crippen LogP contribution in [-0.4, -0.2) is 0 Å². The van der Waals surface area contributed by atoms with Gasteiger partial charge in [-0.15, -0.1) is 12.1 Å². The van der Waals surface area contributed by atoms with Crippen LogP contribution in [0.25, 0.3) is 0 Å². The minimum atomic E-state index is 0. The summed E-state index contributed by atoms with van der Waals surface area (Å²) in [6.07, 6.45) is 0. The monoisotopic (exact) mass is 343 g/mol. The molecular formula is C8H9U-. The van der Waals surface area contributed by atoms with Gasteiger partial charge in [0.1, 0.15) is 0 Å². The third-order valence-corrected chi connectivity index (χ3v) is 1.26. The van der Waals surface area contributed by atoms with Crippen molar-refractivity contribution in [2.24, 2.45) is 0 Å². The molecule has 1 rings (SSSR count). The van der Waals surface area contributed by atoms with Gasteiger partial charge in [-0.25, -0.2) is 0 Å². The van der Waals surface area contributed by atoms with Crippen LogP contribution in [0.15, 0.2) is 24.3 Å². The van der Waals surface area contributed by atoms with Gasteiger partial charge in [0.2, 0.25) is 0 Å². The average Bonchev–Trinajstić information content (AvgIpc) is 1.77. The molecule has 0 aliphatic rings. The molecule has 0 aliphatic heterocycles. The molecule has 0 aliphatic carbocycles. The second kappa shape index (κ2) is 4.04. The maximum absolute atomic E-state index is 3.82. The summed E-state index contributed by atoms with van der Waals surface area (Å²) in [5.41, 5.74) is 2.38. The first kappa shape index (κ1) is 9.14. The van der Waals surface area contributed by atoms with E-state index in [4.69, 9.17) is 0 Å². The van der Waals surface area contributed by atoms with Crippen molar-refractivity contribution in [1.82, 2.24) is 0 Å². The maximum atomic E-state index is 3.82. The minimum Gasteiger partial charge on any atom is -0.198 e. The third kappa shape index (κ3) is 2.47. The fourth-order valence-electron chi connectivity index (χ4n) is 0.610. The van der Waals surface area contributed by atoms with E-state index in [-0.39, 0.29) is 31.1 Å². The van der Waals surface area contributed by atoms with Crippen LogP contribution in [0, 0.1) is 45.0 Å². The Morgan fingerprint density at radius 3 is 2.11 bits per heavy atom. The summed E-state index contributed by atoms with van der Waals surface area (Å²) in [4.78, 5) is 0. The van der Waals surface area contributed by atoms with E-state index in [9.17, 15) is 0 Å². The van der Waals surface area contributed by atoms with E-state index in [0.29, 0.717) is 0 Å². The van der Waals surface area contributed by atoms with Gasteiger partial charge < -0.3 is 0 Å². The second-order valence-electron chi connectivity index (χ2n) is 1.93. The minimum absolute atomic E-state index is 0. The summed E-state index contributed by atoms with van der Waals surface area (Å²) in [6, 6.07) is 8.08. The third-order valence-electron chi connectivity index (χ3n) is 1.26. The molecule has 0 N–H and O–H groups in total. The van der Waals surface area contributed by atoms with Crippen molar-refractivity contribution in [3.63, 3.8) is 0 Å². The van der Waals surface area contributed by atoms with E-state index in [0.717, 1.165) is 5.56 Å². The molecular weight excluding hydrogens is 334 g/mol. The van der Waals surface area contributed by atoms with Crippen molar-refractivity contribution in [2.45, 2.75) is 6.92 Å². The van der Waals surface area contributed by atoms with Crippen molar-refractivity contribution in [1.29, 1.82) is 0 Å². The zero-order chi connectivity index (χ0) is 5.98. The van der Waals surface area contributed by atoms with Crippen LogP contribution in [0.4, 0.5) is 0 Å². The topological polar surface area (TPSA) is 0 Å². The molecule has 0 saturated heterocycles. The summed E-state index contributed by atoms with van der Waals surface area (Å²) in [7, 11) is 0. The standard InChI is InChI=1S/C8H9.U/c1-7-5-3-4-6-8(7)2;/h3-6H,1H2,2H3;/q-1;. The quantitative estimate of drug-likeness (QED) is 0.634.